The van der Waals surface area contributed by atoms with E-state index in [9.17, 15) is 9.59 Å². The first-order chi connectivity index (χ1) is 16.1. The molecule has 2 heterocycles. The Morgan fingerprint density at radius 2 is 1.79 bits per heavy atom. The molecule has 1 aliphatic carbocycles. The largest absolute Gasteiger partial charge is 0.355 e. The quantitative estimate of drug-likeness (QED) is 0.512. The Bertz CT molecular complexity index is 1390. The molecule has 1 fully saturated rings. The third kappa shape index (κ3) is 3.83. The predicted molar refractivity (Wildman–Crippen MR) is 125 cm³/mol. The molecule has 0 radical (unpaired) electrons. The highest BCUT2D eigenvalue weighted by Gasteiger charge is 2.34. The van der Waals surface area contributed by atoms with E-state index in [0.717, 1.165) is 35.2 Å². The van der Waals surface area contributed by atoms with Crippen molar-refractivity contribution in [2.24, 2.45) is 0 Å². The van der Waals surface area contributed by atoms with Gasteiger partial charge < -0.3 is 10.2 Å². The Kier molecular flexibility index (Phi) is 5.11. The SMILES string of the molecule is CNC(=O)c1ccc(-c2cnn3ccc(C(=O)N(c4ccc(C#N)cc4)C4CC4)cc23)cc1. The Hall–Kier alpha value is -4.44. The highest BCUT2D eigenvalue weighted by atomic mass is 16.2. The maximum absolute atomic E-state index is 13.5. The number of nitrogens with one attached hydrogen (secondary N) is 1. The smallest absolute Gasteiger partial charge is 0.258 e. The van der Waals surface area contributed by atoms with E-state index in [0.29, 0.717) is 16.7 Å². The van der Waals surface area contributed by atoms with Gasteiger partial charge in [-0.2, -0.15) is 10.4 Å². The minimum absolute atomic E-state index is 0.0770. The van der Waals surface area contributed by atoms with Crippen LogP contribution in [0.3, 0.4) is 0 Å². The van der Waals surface area contributed by atoms with Crippen LogP contribution in [0.5, 0.6) is 0 Å². The van der Waals surface area contributed by atoms with Gasteiger partial charge in [-0.1, -0.05) is 12.1 Å². The molecule has 7 heteroatoms. The van der Waals surface area contributed by atoms with Gasteiger partial charge in [-0.3, -0.25) is 9.59 Å². The third-order valence-electron chi connectivity index (χ3n) is 5.86. The molecule has 7 nitrogen and oxygen atoms in total. The monoisotopic (exact) mass is 435 g/mol. The molecule has 2 aromatic heterocycles. The first-order valence-corrected chi connectivity index (χ1v) is 10.7. The number of carbonyl (C=O) groups is 2. The number of hydrogen-bond donors (Lipinski definition) is 1. The lowest BCUT2D eigenvalue weighted by molar-refractivity contribution is 0.0960. The summed E-state index contributed by atoms with van der Waals surface area (Å²) >= 11 is 0. The number of anilines is 1. The molecule has 2 amide bonds. The van der Waals surface area contributed by atoms with E-state index in [1.54, 1.807) is 54.3 Å². The molecule has 2 aromatic carbocycles. The summed E-state index contributed by atoms with van der Waals surface area (Å²) in [6.45, 7) is 0. The topological polar surface area (TPSA) is 90.5 Å². The summed E-state index contributed by atoms with van der Waals surface area (Å²) in [7, 11) is 1.60. The predicted octanol–water partition coefficient (Wildman–Crippen LogP) is 4.04. The molecule has 0 atom stereocenters. The van der Waals surface area contributed by atoms with Crippen LogP contribution in [-0.4, -0.2) is 34.5 Å². The molecule has 0 spiro atoms. The zero-order valence-electron chi connectivity index (χ0n) is 18.0. The van der Waals surface area contributed by atoms with E-state index in [1.165, 1.54) is 0 Å². The molecule has 5 rings (SSSR count). The van der Waals surface area contributed by atoms with Gasteiger partial charge in [0.1, 0.15) is 0 Å². The van der Waals surface area contributed by atoms with Crippen LogP contribution in [0.4, 0.5) is 5.69 Å². The Morgan fingerprint density at radius 3 is 2.42 bits per heavy atom. The summed E-state index contributed by atoms with van der Waals surface area (Å²) in [6.07, 6.45) is 5.47. The highest BCUT2D eigenvalue weighted by Crippen LogP contribution is 2.34. The lowest BCUT2D eigenvalue weighted by atomic mass is 10.0. The second-order valence-electron chi connectivity index (χ2n) is 8.02. The zero-order chi connectivity index (χ0) is 22.9. The molecule has 1 saturated carbocycles. The van der Waals surface area contributed by atoms with Crippen LogP contribution >= 0.6 is 0 Å². The first kappa shape index (κ1) is 20.5. The maximum Gasteiger partial charge on any atom is 0.258 e. The minimum atomic E-state index is -0.141. The molecule has 4 aromatic rings. The van der Waals surface area contributed by atoms with Gasteiger partial charge in [0, 0.05) is 41.7 Å². The normalized spacial score (nSPS) is 12.8. The van der Waals surface area contributed by atoms with Crippen LogP contribution in [0.1, 0.15) is 39.1 Å². The average molecular weight is 435 g/mol. The molecular formula is C26H21N5O2. The van der Waals surface area contributed by atoms with Crippen LogP contribution < -0.4 is 10.2 Å². The van der Waals surface area contributed by atoms with Crippen molar-refractivity contribution in [3.8, 4) is 17.2 Å². The summed E-state index contributed by atoms with van der Waals surface area (Å²) in [4.78, 5) is 27.2. The number of amides is 2. The number of nitrogens with zero attached hydrogens (tertiary/aromatic N) is 4. The van der Waals surface area contributed by atoms with Gasteiger partial charge in [-0.15, -0.1) is 0 Å². The third-order valence-corrected chi connectivity index (χ3v) is 5.86. The summed E-state index contributed by atoms with van der Waals surface area (Å²) < 4.78 is 1.74. The number of hydrogen-bond acceptors (Lipinski definition) is 4. The average Bonchev–Trinajstić information content (AvgIpc) is 3.61. The van der Waals surface area contributed by atoms with E-state index in [4.69, 9.17) is 5.26 Å². The molecular weight excluding hydrogens is 414 g/mol. The van der Waals surface area contributed by atoms with Crippen molar-refractivity contribution in [2.45, 2.75) is 18.9 Å². The molecule has 0 unspecified atom stereocenters. The number of benzene rings is 2. The van der Waals surface area contributed by atoms with Crippen LogP contribution in [0.25, 0.3) is 16.6 Å². The molecule has 0 saturated heterocycles. The fraction of sp³-hybridized carbons (Fsp3) is 0.154. The van der Waals surface area contributed by atoms with Gasteiger partial charge in [-0.25, -0.2) is 4.52 Å². The van der Waals surface area contributed by atoms with E-state index in [-0.39, 0.29) is 17.9 Å². The molecule has 0 aliphatic heterocycles. The fourth-order valence-electron chi connectivity index (χ4n) is 3.94. The molecule has 33 heavy (non-hydrogen) atoms. The molecule has 162 valence electrons. The Balaban J connectivity index is 1.50. The summed E-state index contributed by atoms with van der Waals surface area (Å²) in [5, 5.41) is 16.1. The zero-order valence-corrected chi connectivity index (χ0v) is 18.0. The van der Waals surface area contributed by atoms with Crippen molar-refractivity contribution in [2.75, 3.05) is 11.9 Å². The van der Waals surface area contributed by atoms with Crippen LogP contribution in [0.15, 0.2) is 73.1 Å². The Morgan fingerprint density at radius 1 is 1.06 bits per heavy atom. The Labute approximate surface area is 190 Å². The van der Waals surface area contributed by atoms with Crippen LogP contribution in [0, 0.1) is 11.3 Å². The number of fused-ring (bicyclic) bond motifs is 1. The van der Waals surface area contributed by atoms with Gasteiger partial charge >= 0.3 is 0 Å². The van der Waals surface area contributed by atoms with Crippen molar-refractivity contribution >= 4 is 23.0 Å². The van der Waals surface area contributed by atoms with Crippen molar-refractivity contribution in [3.63, 3.8) is 0 Å². The van der Waals surface area contributed by atoms with E-state index in [1.807, 2.05) is 35.2 Å². The lowest BCUT2D eigenvalue weighted by Gasteiger charge is -2.23. The van der Waals surface area contributed by atoms with Gasteiger partial charge in [-0.05, 0) is 66.9 Å². The summed E-state index contributed by atoms with van der Waals surface area (Å²) in [6, 6.07) is 20.3. The summed E-state index contributed by atoms with van der Waals surface area (Å²) in [5.74, 6) is -0.218. The van der Waals surface area contributed by atoms with E-state index >= 15 is 0 Å². The van der Waals surface area contributed by atoms with Gasteiger partial charge in [0.25, 0.3) is 11.8 Å². The molecule has 1 aliphatic rings. The second kappa shape index (κ2) is 8.24. The number of nitriles is 1. The van der Waals surface area contributed by atoms with Crippen molar-refractivity contribution in [1.82, 2.24) is 14.9 Å². The highest BCUT2D eigenvalue weighted by molar-refractivity contribution is 6.08. The number of carbonyl (C=O) groups excluding carboxylic acids is 2. The van der Waals surface area contributed by atoms with E-state index < -0.39 is 0 Å². The molecule has 0 bridgehead atoms. The van der Waals surface area contributed by atoms with Crippen molar-refractivity contribution in [1.29, 1.82) is 5.26 Å². The molecule has 1 N–H and O–H groups in total. The van der Waals surface area contributed by atoms with Gasteiger partial charge in [0.15, 0.2) is 0 Å². The van der Waals surface area contributed by atoms with Crippen LogP contribution in [0.2, 0.25) is 0 Å². The van der Waals surface area contributed by atoms with Crippen LogP contribution in [-0.2, 0) is 0 Å². The van der Waals surface area contributed by atoms with Gasteiger partial charge in [0.2, 0.25) is 0 Å². The number of aromatic nitrogens is 2. The number of pyridine rings is 1. The lowest BCUT2D eigenvalue weighted by Crippen LogP contribution is -2.33. The van der Waals surface area contributed by atoms with Crippen molar-refractivity contribution in [3.05, 3.63) is 89.7 Å². The minimum Gasteiger partial charge on any atom is -0.355 e. The maximum atomic E-state index is 13.5. The van der Waals surface area contributed by atoms with Crippen molar-refractivity contribution < 1.29 is 9.59 Å². The number of rotatable bonds is 5. The second-order valence-corrected chi connectivity index (χ2v) is 8.02. The summed E-state index contributed by atoms with van der Waals surface area (Å²) in [5.41, 5.74) is 5.11. The fourth-order valence-corrected chi connectivity index (χ4v) is 3.94. The standard InChI is InChI=1S/C26H21N5O2/c1-28-25(32)19-6-4-18(5-7-19)23-16-29-30-13-12-20(14-24(23)30)26(33)31(22-10-11-22)21-8-2-17(15-27)3-9-21/h2-9,12-14,16,22H,10-11H2,1H3,(H,28,32). The van der Waals surface area contributed by atoms with Gasteiger partial charge in [0.05, 0.1) is 23.3 Å². The first-order valence-electron chi connectivity index (χ1n) is 10.7. The van der Waals surface area contributed by atoms with E-state index in [2.05, 4.69) is 16.5 Å².